The molecule has 0 unspecified atom stereocenters. The smallest absolute Gasteiger partial charge is 0.155 e. The SMILES string of the molecule is OCCOCc1ccc(-c2nn(Cc3ccccc3)c3ccccc23)o1. The Morgan fingerprint density at radius 1 is 0.962 bits per heavy atom. The van der Waals surface area contributed by atoms with Gasteiger partial charge >= 0.3 is 0 Å². The lowest BCUT2D eigenvalue weighted by atomic mass is 10.2. The molecule has 0 bridgehead atoms. The van der Waals surface area contributed by atoms with Crippen LogP contribution in [0.1, 0.15) is 11.3 Å². The molecule has 2 aromatic heterocycles. The Morgan fingerprint density at radius 2 is 1.77 bits per heavy atom. The first-order chi connectivity index (χ1) is 12.8. The monoisotopic (exact) mass is 348 g/mol. The van der Waals surface area contributed by atoms with Gasteiger partial charge in [-0.3, -0.25) is 4.68 Å². The van der Waals surface area contributed by atoms with Crippen LogP contribution in [0.3, 0.4) is 0 Å². The van der Waals surface area contributed by atoms with Crippen LogP contribution in [0.4, 0.5) is 0 Å². The molecule has 0 radical (unpaired) electrons. The third-order valence-electron chi connectivity index (χ3n) is 4.21. The van der Waals surface area contributed by atoms with E-state index in [1.165, 1.54) is 5.56 Å². The van der Waals surface area contributed by atoms with E-state index in [2.05, 4.69) is 24.3 Å². The van der Waals surface area contributed by atoms with Gasteiger partial charge in [-0.25, -0.2) is 0 Å². The number of rotatable bonds is 7. The first-order valence-corrected chi connectivity index (χ1v) is 8.62. The number of aliphatic hydroxyl groups is 1. The molecule has 0 aliphatic heterocycles. The maximum Gasteiger partial charge on any atom is 0.155 e. The highest BCUT2D eigenvalue weighted by molar-refractivity contribution is 5.92. The third kappa shape index (κ3) is 3.40. The molecule has 0 aliphatic carbocycles. The average Bonchev–Trinajstić information content (AvgIpc) is 3.28. The second-order valence-corrected chi connectivity index (χ2v) is 6.05. The molecule has 4 aromatic rings. The molecule has 0 spiro atoms. The summed E-state index contributed by atoms with van der Waals surface area (Å²) in [5.41, 5.74) is 3.09. The number of para-hydroxylation sites is 1. The van der Waals surface area contributed by atoms with Gasteiger partial charge in [0.15, 0.2) is 5.76 Å². The number of hydrogen-bond donors (Lipinski definition) is 1. The van der Waals surface area contributed by atoms with E-state index >= 15 is 0 Å². The molecule has 0 saturated carbocycles. The normalized spacial score (nSPS) is 11.3. The Kier molecular flexibility index (Phi) is 4.82. The summed E-state index contributed by atoms with van der Waals surface area (Å²) in [6.45, 7) is 1.34. The van der Waals surface area contributed by atoms with E-state index in [1.54, 1.807) is 0 Å². The van der Waals surface area contributed by atoms with Crippen LogP contribution in [0.25, 0.3) is 22.4 Å². The Bertz CT molecular complexity index is 989. The summed E-state index contributed by atoms with van der Waals surface area (Å²) in [4.78, 5) is 0. The summed E-state index contributed by atoms with van der Waals surface area (Å²) in [6, 6.07) is 22.2. The maximum atomic E-state index is 8.80. The molecular formula is C21H20N2O3. The standard InChI is InChI=1S/C21H20N2O3/c24-12-13-25-15-17-10-11-20(26-17)21-18-8-4-5-9-19(18)23(22-21)14-16-6-2-1-3-7-16/h1-11,24H,12-15H2. The van der Waals surface area contributed by atoms with Gasteiger partial charge in [-0.1, -0.05) is 48.5 Å². The fourth-order valence-corrected chi connectivity index (χ4v) is 3.01. The highest BCUT2D eigenvalue weighted by atomic mass is 16.5. The molecule has 5 nitrogen and oxygen atoms in total. The third-order valence-corrected chi connectivity index (χ3v) is 4.21. The molecule has 1 N–H and O–H groups in total. The molecule has 0 amide bonds. The number of ether oxygens (including phenoxy) is 1. The van der Waals surface area contributed by atoms with Crippen molar-refractivity contribution < 1.29 is 14.3 Å². The van der Waals surface area contributed by atoms with Gasteiger partial charge in [-0.15, -0.1) is 0 Å². The highest BCUT2D eigenvalue weighted by Gasteiger charge is 2.15. The Hall–Kier alpha value is -2.89. The first-order valence-electron chi connectivity index (χ1n) is 8.62. The number of fused-ring (bicyclic) bond motifs is 1. The van der Waals surface area contributed by atoms with Gasteiger partial charge < -0.3 is 14.3 Å². The van der Waals surface area contributed by atoms with Gasteiger partial charge in [0.1, 0.15) is 18.1 Å². The van der Waals surface area contributed by atoms with Crippen LogP contribution < -0.4 is 0 Å². The van der Waals surface area contributed by atoms with E-state index in [1.807, 2.05) is 47.1 Å². The van der Waals surface area contributed by atoms with Crippen LogP contribution in [0.5, 0.6) is 0 Å². The maximum absolute atomic E-state index is 8.80. The van der Waals surface area contributed by atoms with E-state index in [0.29, 0.717) is 19.8 Å². The molecule has 4 rings (SSSR count). The van der Waals surface area contributed by atoms with Crippen molar-refractivity contribution in [1.29, 1.82) is 0 Å². The lowest BCUT2D eigenvalue weighted by Crippen LogP contribution is -2.01. The first kappa shape index (κ1) is 16.6. The Labute approximate surface area is 151 Å². The number of furan rings is 1. The molecule has 0 aliphatic rings. The largest absolute Gasteiger partial charge is 0.457 e. The van der Waals surface area contributed by atoms with Crippen molar-refractivity contribution in [3.8, 4) is 11.5 Å². The summed E-state index contributed by atoms with van der Waals surface area (Å²) < 4.78 is 13.2. The average molecular weight is 348 g/mol. The fraction of sp³-hybridized carbons (Fsp3) is 0.190. The van der Waals surface area contributed by atoms with Crippen molar-refractivity contribution in [2.24, 2.45) is 0 Å². The van der Waals surface area contributed by atoms with Crippen LogP contribution in [0.15, 0.2) is 71.1 Å². The molecule has 0 saturated heterocycles. The minimum atomic E-state index is 0.00208. The highest BCUT2D eigenvalue weighted by Crippen LogP contribution is 2.30. The Morgan fingerprint density at radius 3 is 2.62 bits per heavy atom. The quantitative estimate of drug-likeness (QED) is 0.515. The number of aromatic nitrogens is 2. The molecule has 5 heteroatoms. The minimum Gasteiger partial charge on any atom is -0.457 e. The number of aliphatic hydroxyl groups excluding tert-OH is 1. The van der Waals surface area contributed by atoms with E-state index in [0.717, 1.165) is 28.1 Å². The fourth-order valence-electron chi connectivity index (χ4n) is 3.01. The zero-order chi connectivity index (χ0) is 17.8. The number of benzene rings is 2. The van der Waals surface area contributed by atoms with E-state index in [4.69, 9.17) is 19.4 Å². The van der Waals surface area contributed by atoms with Gasteiger partial charge in [0.2, 0.25) is 0 Å². The van der Waals surface area contributed by atoms with Crippen LogP contribution >= 0.6 is 0 Å². The van der Waals surface area contributed by atoms with Gasteiger partial charge in [0, 0.05) is 5.39 Å². The summed E-state index contributed by atoms with van der Waals surface area (Å²) >= 11 is 0. The molecule has 0 atom stereocenters. The van der Waals surface area contributed by atoms with Crippen LogP contribution in [0, 0.1) is 0 Å². The van der Waals surface area contributed by atoms with Gasteiger partial charge in [0.25, 0.3) is 0 Å². The van der Waals surface area contributed by atoms with E-state index in [9.17, 15) is 0 Å². The Balaban J connectivity index is 1.67. The molecule has 0 fully saturated rings. The van der Waals surface area contributed by atoms with Crippen molar-refractivity contribution in [2.75, 3.05) is 13.2 Å². The molecule has 132 valence electrons. The number of nitrogens with zero attached hydrogens (tertiary/aromatic N) is 2. The van der Waals surface area contributed by atoms with Crippen LogP contribution in [0.2, 0.25) is 0 Å². The summed E-state index contributed by atoms with van der Waals surface area (Å²) in [5.74, 6) is 1.44. The number of hydrogen-bond acceptors (Lipinski definition) is 4. The van der Waals surface area contributed by atoms with Crippen molar-refractivity contribution in [3.05, 3.63) is 78.1 Å². The molecule has 2 heterocycles. The lowest BCUT2D eigenvalue weighted by molar-refractivity contribution is 0.0718. The van der Waals surface area contributed by atoms with Crippen LogP contribution in [-0.4, -0.2) is 28.1 Å². The van der Waals surface area contributed by atoms with Gasteiger partial charge in [-0.2, -0.15) is 5.10 Å². The van der Waals surface area contributed by atoms with Crippen molar-refractivity contribution in [3.63, 3.8) is 0 Å². The second kappa shape index (κ2) is 7.56. The predicted octanol–water partition coefficient (Wildman–Crippen LogP) is 3.85. The zero-order valence-corrected chi connectivity index (χ0v) is 14.3. The lowest BCUT2D eigenvalue weighted by Gasteiger charge is -2.03. The molecule has 2 aromatic carbocycles. The van der Waals surface area contributed by atoms with Gasteiger partial charge in [0.05, 0.1) is 25.3 Å². The van der Waals surface area contributed by atoms with Gasteiger partial charge in [-0.05, 0) is 23.8 Å². The predicted molar refractivity (Wildman–Crippen MR) is 99.7 cm³/mol. The van der Waals surface area contributed by atoms with Crippen molar-refractivity contribution >= 4 is 10.9 Å². The van der Waals surface area contributed by atoms with Crippen LogP contribution in [-0.2, 0) is 17.9 Å². The minimum absolute atomic E-state index is 0.00208. The topological polar surface area (TPSA) is 60.4 Å². The summed E-state index contributed by atoms with van der Waals surface area (Å²) in [5, 5.41) is 14.7. The zero-order valence-electron chi connectivity index (χ0n) is 14.3. The second-order valence-electron chi connectivity index (χ2n) is 6.05. The molecular weight excluding hydrogens is 328 g/mol. The van der Waals surface area contributed by atoms with Crippen molar-refractivity contribution in [1.82, 2.24) is 9.78 Å². The molecule has 26 heavy (non-hydrogen) atoms. The summed E-state index contributed by atoms with van der Waals surface area (Å²) in [7, 11) is 0. The summed E-state index contributed by atoms with van der Waals surface area (Å²) in [6.07, 6.45) is 0. The van der Waals surface area contributed by atoms with E-state index in [-0.39, 0.29) is 6.61 Å². The van der Waals surface area contributed by atoms with Crippen molar-refractivity contribution in [2.45, 2.75) is 13.2 Å². The van der Waals surface area contributed by atoms with E-state index < -0.39 is 0 Å².